The van der Waals surface area contributed by atoms with E-state index in [1.165, 1.54) is 0 Å². The molecule has 2 aliphatic rings. The Morgan fingerprint density at radius 2 is 1.69 bits per heavy atom. The first-order valence-electron chi connectivity index (χ1n) is 10.6. The SMILES string of the molecule is Cc1ccc(N2C(=O)c3ccccc3C(C(=O)O)C2c2ccc3c(c2)OCCO3)cc1C. The molecule has 2 atom stereocenters. The number of amides is 1. The van der Waals surface area contributed by atoms with Gasteiger partial charge < -0.3 is 14.6 Å². The van der Waals surface area contributed by atoms with Crippen LogP contribution in [0.2, 0.25) is 0 Å². The Bertz CT molecular complexity index is 1230. The van der Waals surface area contributed by atoms with Gasteiger partial charge in [0.2, 0.25) is 0 Å². The molecule has 0 aromatic heterocycles. The quantitative estimate of drug-likeness (QED) is 0.656. The van der Waals surface area contributed by atoms with E-state index >= 15 is 0 Å². The zero-order valence-electron chi connectivity index (χ0n) is 17.9. The number of carbonyl (C=O) groups is 2. The predicted octanol–water partition coefficient (Wildman–Crippen LogP) is 4.64. The number of rotatable bonds is 3. The minimum Gasteiger partial charge on any atom is -0.486 e. The molecule has 0 radical (unpaired) electrons. The fraction of sp³-hybridized carbons (Fsp3) is 0.231. The summed E-state index contributed by atoms with van der Waals surface area (Å²) >= 11 is 0. The molecule has 2 unspecified atom stereocenters. The van der Waals surface area contributed by atoms with Gasteiger partial charge in [0.25, 0.3) is 5.91 Å². The number of aryl methyl sites for hydroxylation is 2. The second-order valence-corrected chi connectivity index (χ2v) is 8.19. The number of hydrogen-bond donors (Lipinski definition) is 1. The van der Waals surface area contributed by atoms with Gasteiger partial charge in [-0.25, -0.2) is 0 Å². The van der Waals surface area contributed by atoms with Gasteiger partial charge in [0.1, 0.15) is 19.1 Å². The van der Waals surface area contributed by atoms with Crippen molar-refractivity contribution in [2.45, 2.75) is 25.8 Å². The summed E-state index contributed by atoms with van der Waals surface area (Å²) in [7, 11) is 0. The van der Waals surface area contributed by atoms with E-state index in [4.69, 9.17) is 9.47 Å². The van der Waals surface area contributed by atoms with E-state index in [9.17, 15) is 14.7 Å². The van der Waals surface area contributed by atoms with Crippen LogP contribution in [0.1, 0.15) is 44.6 Å². The van der Waals surface area contributed by atoms with E-state index in [1.54, 1.807) is 41.3 Å². The molecule has 0 aliphatic carbocycles. The van der Waals surface area contributed by atoms with Crippen LogP contribution < -0.4 is 14.4 Å². The van der Waals surface area contributed by atoms with E-state index in [2.05, 4.69) is 0 Å². The Balaban J connectivity index is 1.74. The number of carboxylic acids is 1. The monoisotopic (exact) mass is 429 g/mol. The summed E-state index contributed by atoms with van der Waals surface area (Å²) in [4.78, 5) is 27.9. The third-order valence-electron chi connectivity index (χ3n) is 6.28. The molecule has 0 saturated heterocycles. The molecule has 0 spiro atoms. The van der Waals surface area contributed by atoms with E-state index < -0.39 is 17.9 Å². The average molecular weight is 429 g/mol. The molecule has 1 amide bonds. The van der Waals surface area contributed by atoms with Crippen molar-refractivity contribution in [3.05, 3.63) is 88.5 Å². The summed E-state index contributed by atoms with van der Waals surface area (Å²) < 4.78 is 11.4. The van der Waals surface area contributed by atoms with Gasteiger partial charge in [-0.1, -0.05) is 30.3 Å². The van der Waals surface area contributed by atoms with Crippen molar-refractivity contribution >= 4 is 17.6 Å². The van der Waals surface area contributed by atoms with Crippen LogP contribution in [0.15, 0.2) is 60.7 Å². The number of fused-ring (bicyclic) bond motifs is 2. The van der Waals surface area contributed by atoms with Crippen molar-refractivity contribution in [1.29, 1.82) is 0 Å². The van der Waals surface area contributed by atoms with Gasteiger partial charge in [0.05, 0.1) is 6.04 Å². The highest BCUT2D eigenvalue weighted by Crippen LogP contribution is 2.47. The molecule has 0 saturated carbocycles. The maximum absolute atomic E-state index is 13.7. The summed E-state index contributed by atoms with van der Waals surface area (Å²) in [5.74, 6) is -0.968. The number of hydrogen-bond acceptors (Lipinski definition) is 4. The van der Waals surface area contributed by atoms with Crippen LogP contribution in [-0.4, -0.2) is 30.2 Å². The van der Waals surface area contributed by atoms with E-state index in [0.717, 1.165) is 11.1 Å². The lowest BCUT2D eigenvalue weighted by atomic mass is 9.79. The van der Waals surface area contributed by atoms with Gasteiger partial charge in [-0.3, -0.25) is 14.5 Å². The Labute approximate surface area is 186 Å². The summed E-state index contributed by atoms with van der Waals surface area (Å²) in [5, 5.41) is 10.3. The van der Waals surface area contributed by atoms with Crippen molar-refractivity contribution in [2.24, 2.45) is 0 Å². The van der Waals surface area contributed by atoms with Crippen LogP contribution in [-0.2, 0) is 4.79 Å². The summed E-state index contributed by atoms with van der Waals surface area (Å²) in [6.07, 6.45) is 0. The minimum atomic E-state index is -0.987. The van der Waals surface area contributed by atoms with Crippen molar-refractivity contribution in [1.82, 2.24) is 0 Å². The summed E-state index contributed by atoms with van der Waals surface area (Å²) in [6, 6.07) is 17.4. The van der Waals surface area contributed by atoms with Crippen LogP contribution in [0.5, 0.6) is 11.5 Å². The molecule has 3 aromatic rings. The maximum atomic E-state index is 13.7. The molecule has 6 heteroatoms. The van der Waals surface area contributed by atoms with E-state index in [1.807, 2.05) is 38.1 Å². The predicted molar refractivity (Wildman–Crippen MR) is 120 cm³/mol. The lowest BCUT2D eigenvalue weighted by Crippen LogP contribution is -2.45. The smallest absolute Gasteiger partial charge is 0.313 e. The number of benzene rings is 3. The molecule has 162 valence electrons. The molecule has 32 heavy (non-hydrogen) atoms. The molecular weight excluding hydrogens is 406 g/mol. The van der Waals surface area contributed by atoms with Crippen molar-refractivity contribution in [3.63, 3.8) is 0 Å². The highest BCUT2D eigenvalue weighted by Gasteiger charge is 2.45. The van der Waals surface area contributed by atoms with Crippen LogP contribution in [0.3, 0.4) is 0 Å². The third kappa shape index (κ3) is 3.19. The molecule has 5 rings (SSSR count). The lowest BCUT2D eigenvalue weighted by Gasteiger charge is -2.41. The number of aliphatic carboxylic acids is 1. The highest BCUT2D eigenvalue weighted by atomic mass is 16.6. The molecule has 2 aliphatic heterocycles. The van der Waals surface area contributed by atoms with Gasteiger partial charge in [0.15, 0.2) is 11.5 Å². The molecule has 0 bridgehead atoms. The highest BCUT2D eigenvalue weighted by molar-refractivity contribution is 6.11. The number of anilines is 1. The molecule has 6 nitrogen and oxygen atoms in total. The topological polar surface area (TPSA) is 76.1 Å². The average Bonchev–Trinajstić information content (AvgIpc) is 2.80. The zero-order chi connectivity index (χ0) is 22.4. The van der Waals surface area contributed by atoms with Crippen LogP contribution in [0, 0.1) is 13.8 Å². The van der Waals surface area contributed by atoms with E-state index in [0.29, 0.717) is 47.1 Å². The standard InChI is InChI=1S/C26H23NO5/c1-15-7-9-18(13-16(15)2)27-24(17-8-10-21-22(14-17)32-12-11-31-21)23(26(29)30)19-5-3-4-6-20(19)25(27)28/h3-10,13-14,23-24H,11-12H2,1-2H3,(H,29,30). The number of carboxylic acid groups (broad SMARTS) is 1. The first-order valence-corrected chi connectivity index (χ1v) is 10.6. The fourth-order valence-electron chi connectivity index (χ4n) is 4.55. The molecule has 0 fully saturated rings. The summed E-state index contributed by atoms with van der Waals surface area (Å²) in [5.41, 5.74) is 4.41. The van der Waals surface area contributed by atoms with Gasteiger partial charge in [-0.2, -0.15) is 0 Å². The fourth-order valence-corrected chi connectivity index (χ4v) is 4.55. The Hall–Kier alpha value is -3.80. The Kier molecular flexibility index (Phi) is 4.85. The van der Waals surface area contributed by atoms with Crippen molar-refractivity contribution < 1.29 is 24.2 Å². The zero-order valence-corrected chi connectivity index (χ0v) is 17.9. The second kappa shape index (κ2) is 7.71. The lowest BCUT2D eigenvalue weighted by molar-refractivity contribution is -0.139. The molecule has 3 aromatic carbocycles. The Morgan fingerprint density at radius 1 is 0.938 bits per heavy atom. The third-order valence-corrected chi connectivity index (χ3v) is 6.28. The second-order valence-electron chi connectivity index (χ2n) is 8.19. The van der Waals surface area contributed by atoms with Crippen LogP contribution >= 0.6 is 0 Å². The van der Waals surface area contributed by atoms with Crippen molar-refractivity contribution in [2.75, 3.05) is 18.1 Å². The molecule has 2 heterocycles. The van der Waals surface area contributed by atoms with Gasteiger partial charge >= 0.3 is 5.97 Å². The number of nitrogens with zero attached hydrogens (tertiary/aromatic N) is 1. The Morgan fingerprint density at radius 3 is 2.44 bits per heavy atom. The van der Waals surface area contributed by atoms with Gasteiger partial charge in [-0.15, -0.1) is 0 Å². The number of ether oxygens (including phenoxy) is 2. The number of carbonyl (C=O) groups excluding carboxylic acids is 1. The van der Waals surface area contributed by atoms with Crippen LogP contribution in [0.25, 0.3) is 0 Å². The summed E-state index contributed by atoms with van der Waals surface area (Å²) in [6.45, 7) is 4.88. The largest absolute Gasteiger partial charge is 0.486 e. The first-order chi connectivity index (χ1) is 15.5. The molecular formula is C26H23NO5. The minimum absolute atomic E-state index is 0.221. The van der Waals surface area contributed by atoms with Gasteiger partial charge in [-0.05, 0) is 66.4 Å². The van der Waals surface area contributed by atoms with Crippen molar-refractivity contribution in [3.8, 4) is 11.5 Å². The van der Waals surface area contributed by atoms with E-state index in [-0.39, 0.29) is 5.91 Å². The normalized spacial score (nSPS) is 19.4. The molecule has 1 N–H and O–H groups in total. The maximum Gasteiger partial charge on any atom is 0.313 e. The van der Waals surface area contributed by atoms with Gasteiger partial charge in [0, 0.05) is 11.3 Å². The van der Waals surface area contributed by atoms with Crippen LogP contribution in [0.4, 0.5) is 5.69 Å². The first kappa shape index (κ1) is 20.1.